The van der Waals surface area contributed by atoms with Crippen LogP contribution in [0.1, 0.15) is 12.6 Å². The van der Waals surface area contributed by atoms with E-state index >= 15 is 0 Å². The van der Waals surface area contributed by atoms with E-state index in [1.54, 1.807) is 4.68 Å². The summed E-state index contributed by atoms with van der Waals surface area (Å²) in [6.45, 7) is 5.29. The van der Waals surface area contributed by atoms with Crippen molar-refractivity contribution in [3.05, 3.63) is 11.9 Å². The van der Waals surface area contributed by atoms with E-state index in [4.69, 9.17) is 5.73 Å². The lowest BCUT2D eigenvalue weighted by Crippen LogP contribution is -2.19. The Morgan fingerprint density at radius 2 is 2.50 bits per heavy atom. The molecule has 0 aliphatic carbocycles. The lowest BCUT2D eigenvalue weighted by molar-refractivity contribution is 0.549. The van der Waals surface area contributed by atoms with Gasteiger partial charge in [0.2, 0.25) is 0 Å². The Morgan fingerprint density at radius 3 is 3.08 bits per heavy atom. The van der Waals surface area contributed by atoms with E-state index in [2.05, 4.69) is 22.6 Å². The van der Waals surface area contributed by atoms with Gasteiger partial charge in [0, 0.05) is 19.3 Å². The van der Waals surface area contributed by atoms with E-state index in [9.17, 15) is 0 Å². The van der Waals surface area contributed by atoms with Crippen LogP contribution >= 0.6 is 0 Å². The maximum atomic E-state index is 5.39. The summed E-state index contributed by atoms with van der Waals surface area (Å²) in [5, 5.41) is 11.0. The average Bonchev–Trinajstić information content (AvgIpc) is 2.53. The van der Waals surface area contributed by atoms with Crippen molar-refractivity contribution in [2.75, 3.05) is 13.1 Å². The second-order valence-corrected chi connectivity index (χ2v) is 2.53. The summed E-state index contributed by atoms with van der Waals surface area (Å²) < 4.78 is 1.80. The topological polar surface area (TPSA) is 68.8 Å². The second kappa shape index (κ2) is 4.84. The van der Waals surface area contributed by atoms with Crippen LogP contribution in [0.3, 0.4) is 0 Å². The first-order valence-electron chi connectivity index (χ1n) is 4.16. The maximum Gasteiger partial charge on any atom is 0.0962 e. The van der Waals surface area contributed by atoms with Gasteiger partial charge in [-0.2, -0.15) is 0 Å². The van der Waals surface area contributed by atoms with Gasteiger partial charge in [-0.05, 0) is 6.54 Å². The zero-order valence-corrected chi connectivity index (χ0v) is 7.32. The molecule has 0 aliphatic heterocycles. The van der Waals surface area contributed by atoms with Crippen LogP contribution in [0.15, 0.2) is 6.20 Å². The third-order valence-electron chi connectivity index (χ3n) is 1.56. The summed E-state index contributed by atoms with van der Waals surface area (Å²) in [6, 6.07) is 0. The van der Waals surface area contributed by atoms with Gasteiger partial charge >= 0.3 is 0 Å². The molecule has 0 bridgehead atoms. The van der Waals surface area contributed by atoms with E-state index in [1.165, 1.54) is 0 Å². The van der Waals surface area contributed by atoms with Gasteiger partial charge in [0.25, 0.3) is 0 Å². The molecule has 1 aromatic rings. The zero-order valence-electron chi connectivity index (χ0n) is 7.32. The van der Waals surface area contributed by atoms with Crippen LogP contribution in [-0.2, 0) is 13.1 Å². The fourth-order valence-electron chi connectivity index (χ4n) is 0.912. The maximum absolute atomic E-state index is 5.39. The highest BCUT2D eigenvalue weighted by atomic mass is 15.4. The Kier molecular flexibility index (Phi) is 3.69. The third kappa shape index (κ3) is 2.60. The third-order valence-corrected chi connectivity index (χ3v) is 1.56. The number of nitrogens with zero attached hydrogens (tertiary/aromatic N) is 3. The molecule has 0 amide bonds. The Morgan fingerprint density at radius 1 is 1.67 bits per heavy atom. The van der Waals surface area contributed by atoms with E-state index in [0.717, 1.165) is 25.3 Å². The molecule has 0 fully saturated rings. The summed E-state index contributed by atoms with van der Waals surface area (Å²) in [7, 11) is 0. The second-order valence-electron chi connectivity index (χ2n) is 2.53. The summed E-state index contributed by atoms with van der Waals surface area (Å²) in [4.78, 5) is 0. The number of rotatable bonds is 5. The minimum Gasteiger partial charge on any atom is -0.325 e. The molecule has 0 radical (unpaired) electrons. The van der Waals surface area contributed by atoms with E-state index in [1.807, 2.05) is 6.20 Å². The summed E-state index contributed by atoms with van der Waals surface area (Å²) in [5.41, 5.74) is 6.23. The van der Waals surface area contributed by atoms with Gasteiger partial charge in [-0.1, -0.05) is 12.1 Å². The fraction of sp³-hybridized carbons (Fsp3) is 0.714. The summed E-state index contributed by atoms with van der Waals surface area (Å²) >= 11 is 0. The molecule has 5 nitrogen and oxygen atoms in total. The summed E-state index contributed by atoms with van der Waals surface area (Å²) in [5.74, 6) is 0. The zero-order chi connectivity index (χ0) is 8.81. The van der Waals surface area contributed by atoms with Gasteiger partial charge < -0.3 is 11.1 Å². The molecular formula is C7H15N5. The highest BCUT2D eigenvalue weighted by molar-refractivity contribution is 4.90. The number of nitrogens with two attached hydrogens (primary N) is 1. The lowest BCUT2D eigenvalue weighted by Gasteiger charge is -1.99. The average molecular weight is 169 g/mol. The number of nitrogens with one attached hydrogen (secondary N) is 1. The predicted octanol–water partition coefficient (Wildman–Crippen LogP) is -0.654. The van der Waals surface area contributed by atoms with Crippen LogP contribution < -0.4 is 11.1 Å². The van der Waals surface area contributed by atoms with Crippen molar-refractivity contribution in [2.24, 2.45) is 5.73 Å². The Labute approximate surface area is 71.9 Å². The molecule has 12 heavy (non-hydrogen) atoms. The first kappa shape index (κ1) is 9.15. The van der Waals surface area contributed by atoms with Crippen molar-refractivity contribution in [3.63, 3.8) is 0 Å². The van der Waals surface area contributed by atoms with Crippen LogP contribution in [0.2, 0.25) is 0 Å². The van der Waals surface area contributed by atoms with Crippen molar-refractivity contribution in [1.29, 1.82) is 0 Å². The van der Waals surface area contributed by atoms with Gasteiger partial charge in [-0.3, -0.25) is 4.68 Å². The normalized spacial score (nSPS) is 10.5. The molecule has 0 aliphatic rings. The van der Waals surface area contributed by atoms with Crippen molar-refractivity contribution in [2.45, 2.75) is 20.0 Å². The van der Waals surface area contributed by atoms with Gasteiger partial charge in [-0.25, -0.2) is 0 Å². The fourth-order valence-corrected chi connectivity index (χ4v) is 0.912. The minimum absolute atomic E-state index is 0.460. The monoisotopic (exact) mass is 169 g/mol. The highest BCUT2D eigenvalue weighted by Gasteiger charge is 1.96. The molecule has 1 aromatic heterocycles. The Balaban J connectivity index is 2.31. The molecule has 0 unspecified atom stereocenters. The predicted molar refractivity (Wildman–Crippen MR) is 46.5 cm³/mol. The molecule has 1 heterocycles. The number of likely N-dealkylation sites (N-methyl/N-ethyl adjacent to an activating group) is 1. The quantitative estimate of drug-likeness (QED) is 0.574. The lowest BCUT2D eigenvalue weighted by atomic mass is 10.5. The molecule has 1 rings (SSSR count). The summed E-state index contributed by atoms with van der Waals surface area (Å²) in [6.07, 6.45) is 1.87. The Bertz CT molecular complexity index is 219. The van der Waals surface area contributed by atoms with E-state index < -0.39 is 0 Å². The van der Waals surface area contributed by atoms with Crippen LogP contribution in [0, 0.1) is 0 Å². The van der Waals surface area contributed by atoms with Crippen LogP contribution in [0.5, 0.6) is 0 Å². The molecule has 3 N–H and O–H groups in total. The van der Waals surface area contributed by atoms with Gasteiger partial charge in [0.05, 0.1) is 12.2 Å². The number of aromatic nitrogens is 3. The van der Waals surface area contributed by atoms with Crippen molar-refractivity contribution in [1.82, 2.24) is 20.3 Å². The molecule has 5 heteroatoms. The van der Waals surface area contributed by atoms with Crippen molar-refractivity contribution < 1.29 is 0 Å². The van der Waals surface area contributed by atoms with Gasteiger partial charge in [0.1, 0.15) is 0 Å². The molecule has 0 saturated carbocycles. The standard InChI is InChI=1S/C7H15N5/c1-2-9-3-4-12-6-7(5-8)10-11-12/h6,9H,2-5,8H2,1H3. The molecule has 0 saturated heterocycles. The first-order chi connectivity index (χ1) is 5.86. The van der Waals surface area contributed by atoms with Crippen LogP contribution in [0.25, 0.3) is 0 Å². The minimum atomic E-state index is 0.460. The highest BCUT2D eigenvalue weighted by Crippen LogP contribution is 1.89. The number of hydrogen-bond donors (Lipinski definition) is 2. The van der Waals surface area contributed by atoms with E-state index in [0.29, 0.717) is 6.54 Å². The molecule has 0 atom stereocenters. The Hall–Kier alpha value is -0.940. The number of hydrogen-bond acceptors (Lipinski definition) is 4. The van der Waals surface area contributed by atoms with Crippen molar-refractivity contribution >= 4 is 0 Å². The smallest absolute Gasteiger partial charge is 0.0962 e. The van der Waals surface area contributed by atoms with Crippen molar-refractivity contribution in [3.8, 4) is 0 Å². The van der Waals surface area contributed by atoms with Gasteiger partial charge in [0.15, 0.2) is 0 Å². The molecule has 0 spiro atoms. The first-order valence-corrected chi connectivity index (χ1v) is 4.16. The van der Waals surface area contributed by atoms with Crippen LogP contribution in [0.4, 0.5) is 0 Å². The molecule has 0 aromatic carbocycles. The van der Waals surface area contributed by atoms with Crippen LogP contribution in [-0.4, -0.2) is 28.1 Å². The molecule has 68 valence electrons. The SMILES string of the molecule is CCNCCn1cc(CN)nn1. The molecular weight excluding hydrogens is 154 g/mol. The van der Waals surface area contributed by atoms with E-state index in [-0.39, 0.29) is 0 Å². The largest absolute Gasteiger partial charge is 0.325 e. The van der Waals surface area contributed by atoms with Gasteiger partial charge in [-0.15, -0.1) is 5.10 Å².